The fourth-order valence-electron chi connectivity index (χ4n) is 2.91. The number of halogens is 1. The molecule has 0 amide bonds. The maximum atomic E-state index is 5.93. The van der Waals surface area contributed by atoms with Crippen LogP contribution in [-0.4, -0.2) is 50.6 Å². The normalized spacial score (nSPS) is 10.3. The van der Waals surface area contributed by atoms with Crippen molar-refractivity contribution in [2.24, 2.45) is 0 Å². The first-order chi connectivity index (χ1) is 14.7. The zero-order chi connectivity index (χ0) is 21.3. The maximum Gasteiger partial charge on any atom is 0.158 e. The smallest absolute Gasteiger partial charge is 0.158 e. The number of hydrogen-bond acceptors (Lipinski definition) is 7. The van der Waals surface area contributed by atoms with Crippen molar-refractivity contribution in [1.82, 2.24) is 9.97 Å². The third-order valence-corrected chi connectivity index (χ3v) is 4.46. The van der Waals surface area contributed by atoms with E-state index in [1.807, 2.05) is 37.3 Å². The Labute approximate surface area is 188 Å². The van der Waals surface area contributed by atoms with Gasteiger partial charge in [0.15, 0.2) is 5.75 Å². The lowest BCUT2D eigenvalue weighted by Gasteiger charge is -2.18. The van der Waals surface area contributed by atoms with Crippen molar-refractivity contribution in [3.8, 4) is 23.8 Å². The number of methoxy groups -OCH3 is 2. The van der Waals surface area contributed by atoms with Crippen LogP contribution in [0.2, 0.25) is 0 Å². The number of rotatable bonds is 10. The van der Waals surface area contributed by atoms with Gasteiger partial charge in [0.1, 0.15) is 31.1 Å². The van der Waals surface area contributed by atoms with Crippen LogP contribution in [0, 0.1) is 19.3 Å². The Kier molecular flexibility index (Phi) is 9.35. The third-order valence-electron chi connectivity index (χ3n) is 4.46. The highest BCUT2D eigenvalue weighted by atomic mass is 35.5. The zero-order valence-electron chi connectivity index (χ0n) is 17.8. The summed E-state index contributed by atoms with van der Waals surface area (Å²) in [6.07, 6.45) is 7.20. The molecule has 2 aromatic carbocycles. The molecule has 0 spiro atoms. The predicted molar refractivity (Wildman–Crippen MR) is 124 cm³/mol. The van der Waals surface area contributed by atoms with Crippen LogP contribution in [0.3, 0.4) is 0 Å². The summed E-state index contributed by atoms with van der Waals surface area (Å²) in [5.74, 6) is 4.65. The van der Waals surface area contributed by atoms with E-state index in [0.29, 0.717) is 43.6 Å². The molecule has 31 heavy (non-hydrogen) atoms. The molecule has 0 bridgehead atoms. The molecule has 0 unspecified atom stereocenters. The van der Waals surface area contributed by atoms with Crippen molar-refractivity contribution < 1.29 is 18.9 Å². The van der Waals surface area contributed by atoms with Gasteiger partial charge in [0, 0.05) is 25.7 Å². The molecule has 1 N–H and O–H groups in total. The summed E-state index contributed by atoms with van der Waals surface area (Å²) < 4.78 is 21.7. The van der Waals surface area contributed by atoms with E-state index in [2.05, 4.69) is 21.2 Å². The van der Waals surface area contributed by atoms with Gasteiger partial charge >= 0.3 is 0 Å². The van der Waals surface area contributed by atoms with Crippen molar-refractivity contribution in [3.63, 3.8) is 0 Å². The number of aryl methyl sites for hydroxylation is 1. The highest BCUT2D eigenvalue weighted by Crippen LogP contribution is 2.36. The van der Waals surface area contributed by atoms with E-state index in [0.717, 1.165) is 27.9 Å². The Hall–Kier alpha value is -3.05. The molecule has 0 fully saturated rings. The number of nitrogens with zero attached hydrogens (tertiary/aromatic N) is 2. The molecule has 0 radical (unpaired) electrons. The number of benzene rings is 2. The average molecular weight is 444 g/mol. The van der Waals surface area contributed by atoms with E-state index >= 15 is 0 Å². The van der Waals surface area contributed by atoms with Gasteiger partial charge in [-0.3, -0.25) is 0 Å². The van der Waals surface area contributed by atoms with Crippen molar-refractivity contribution >= 4 is 34.8 Å². The largest absolute Gasteiger partial charge is 0.491 e. The van der Waals surface area contributed by atoms with Gasteiger partial charge in [-0.05, 0) is 30.7 Å². The Bertz CT molecular complexity index is 1050. The standard InChI is InChI=1S/C23H25N3O4.ClH/c1-5-17-7-6-16(2)21(22(17)30-13-11-28-4)26-23-19-9-8-18(29-12-10-27-3)14-20(19)24-15-25-23;/h1,6-9,14-15H,10-13H2,2-4H3,(H,24,25,26);1H. The van der Waals surface area contributed by atoms with E-state index in [-0.39, 0.29) is 12.4 Å². The summed E-state index contributed by atoms with van der Waals surface area (Å²) in [6, 6.07) is 9.49. The summed E-state index contributed by atoms with van der Waals surface area (Å²) in [5, 5.41) is 4.24. The molecule has 1 aromatic heterocycles. The first kappa shape index (κ1) is 24.2. The molecule has 0 saturated heterocycles. The number of fused-ring (bicyclic) bond motifs is 1. The molecule has 1 heterocycles. The second-order valence-corrected chi connectivity index (χ2v) is 6.49. The molecule has 164 valence electrons. The second-order valence-electron chi connectivity index (χ2n) is 6.49. The van der Waals surface area contributed by atoms with Gasteiger partial charge < -0.3 is 24.3 Å². The van der Waals surface area contributed by atoms with Gasteiger partial charge in [0.25, 0.3) is 0 Å². The van der Waals surface area contributed by atoms with Crippen molar-refractivity contribution in [3.05, 3.63) is 47.8 Å². The lowest BCUT2D eigenvalue weighted by molar-refractivity contribution is 0.146. The summed E-state index contributed by atoms with van der Waals surface area (Å²) in [5.41, 5.74) is 3.16. The van der Waals surface area contributed by atoms with E-state index < -0.39 is 0 Å². The quantitative estimate of drug-likeness (QED) is 0.373. The first-order valence-corrected chi connectivity index (χ1v) is 9.53. The molecule has 0 aliphatic carbocycles. The SMILES string of the molecule is C#Cc1ccc(C)c(Nc2ncnc3cc(OCCOC)ccc23)c1OCCOC.Cl. The second kappa shape index (κ2) is 12.0. The van der Waals surface area contributed by atoms with E-state index in [1.165, 1.54) is 6.33 Å². The van der Waals surface area contributed by atoms with Crippen LogP contribution in [0.5, 0.6) is 11.5 Å². The summed E-state index contributed by atoms with van der Waals surface area (Å²) >= 11 is 0. The molecule has 0 saturated carbocycles. The lowest BCUT2D eigenvalue weighted by atomic mass is 10.1. The number of aromatic nitrogens is 2. The van der Waals surface area contributed by atoms with Crippen LogP contribution in [0.4, 0.5) is 11.5 Å². The maximum absolute atomic E-state index is 5.93. The number of anilines is 2. The number of nitrogens with one attached hydrogen (secondary N) is 1. The van der Waals surface area contributed by atoms with E-state index in [4.69, 9.17) is 25.4 Å². The summed E-state index contributed by atoms with van der Waals surface area (Å²) in [6.45, 7) is 3.82. The molecule has 0 aliphatic rings. The van der Waals surface area contributed by atoms with Crippen molar-refractivity contribution in [2.75, 3.05) is 46.0 Å². The topological polar surface area (TPSA) is 74.7 Å². The minimum Gasteiger partial charge on any atom is -0.491 e. The lowest BCUT2D eigenvalue weighted by Crippen LogP contribution is -2.08. The van der Waals surface area contributed by atoms with Gasteiger partial charge in [0.05, 0.1) is 30.0 Å². The molecule has 0 atom stereocenters. The number of terminal acetylenes is 1. The molecular formula is C23H26ClN3O4. The Balaban J connectivity index is 0.00000341. The van der Waals surface area contributed by atoms with Crippen LogP contribution in [0.1, 0.15) is 11.1 Å². The fraction of sp³-hybridized carbons (Fsp3) is 0.304. The zero-order valence-corrected chi connectivity index (χ0v) is 18.6. The van der Waals surface area contributed by atoms with Gasteiger partial charge in [-0.2, -0.15) is 0 Å². The number of hydrogen-bond donors (Lipinski definition) is 1. The van der Waals surface area contributed by atoms with Crippen LogP contribution in [0.25, 0.3) is 10.9 Å². The van der Waals surface area contributed by atoms with Gasteiger partial charge in [-0.15, -0.1) is 18.8 Å². The highest BCUT2D eigenvalue weighted by molar-refractivity contribution is 5.92. The van der Waals surface area contributed by atoms with Gasteiger partial charge in [-0.1, -0.05) is 12.0 Å². The minimum absolute atomic E-state index is 0. The van der Waals surface area contributed by atoms with Gasteiger partial charge in [0.2, 0.25) is 0 Å². The molecule has 0 aliphatic heterocycles. The predicted octanol–water partition coefficient (Wildman–Crippen LogP) is 4.14. The van der Waals surface area contributed by atoms with Crippen LogP contribution in [0.15, 0.2) is 36.7 Å². The van der Waals surface area contributed by atoms with Gasteiger partial charge in [-0.25, -0.2) is 9.97 Å². The molecule has 3 aromatic rings. The highest BCUT2D eigenvalue weighted by Gasteiger charge is 2.15. The minimum atomic E-state index is 0. The van der Waals surface area contributed by atoms with E-state index in [9.17, 15) is 0 Å². The van der Waals surface area contributed by atoms with Crippen LogP contribution >= 0.6 is 12.4 Å². The van der Waals surface area contributed by atoms with Crippen LogP contribution in [-0.2, 0) is 9.47 Å². The summed E-state index contributed by atoms with van der Waals surface area (Å²) in [7, 11) is 3.26. The van der Waals surface area contributed by atoms with E-state index in [1.54, 1.807) is 14.2 Å². The monoisotopic (exact) mass is 443 g/mol. The van der Waals surface area contributed by atoms with Crippen molar-refractivity contribution in [2.45, 2.75) is 6.92 Å². The number of ether oxygens (including phenoxy) is 4. The Morgan fingerprint density at radius 1 is 0.968 bits per heavy atom. The van der Waals surface area contributed by atoms with Crippen LogP contribution < -0.4 is 14.8 Å². The third kappa shape index (κ3) is 5.98. The average Bonchev–Trinajstić information content (AvgIpc) is 2.76. The Morgan fingerprint density at radius 2 is 1.71 bits per heavy atom. The molecule has 7 nitrogen and oxygen atoms in total. The Morgan fingerprint density at radius 3 is 2.42 bits per heavy atom. The first-order valence-electron chi connectivity index (χ1n) is 9.53. The molecule has 8 heteroatoms. The fourth-order valence-corrected chi connectivity index (χ4v) is 2.91. The van der Waals surface area contributed by atoms with Crippen molar-refractivity contribution in [1.29, 1.82) is 0 Å². The molecular weight excluding hydrogens is 418 g/mol. The molecule has 3 rings (SSSR count). The summed E-state index contributed by atoms with van der Waals surface area (Å²) in [4.78, 5) is 8.80.